The first-order chi connectivity index (χ1) is 16.1. The van der Waals surface area contributed by atoms with E-state index >= 15 is 0 Å². The summed E-state index contributed by atoms with van der Waals surface area (Å²) in [5, 5.41) is 3.12. The molecule has 0 radical (unpaired) electrons. The van der Waals surface area contributed by atoms with Gasteiger partial charge in [0.25, 0.3) is 5.91 Å². The smallest absolute Gasteiger partial charge is 0.280 e. The third-order valence-electron chi connectivity index (χ3n) is 5.77. The monoisotopic (exact) mass is 468 g/mol. The van der Waals surface area contributed by atoms with Gasteiger partial charge in [0.15, 0.2) is 5.69 Å². The Morgan fingerprint density at radius 1 is 1.15 bits per heavy atom. The zero-order valence-electron chi connectivity index (χ0n) is 18.2. The van der Waals surface area contributed by atoms with Crippen molar-refractivity contribution in [3.63, 3.8) is 0 Å². The van der Waals surface area contributed by atoms with Gasteiger partial charge in [-0.25, -0.2) is 4.39 Å². The van der Waals surface area contributed by atoms with E-state index in [1.165, 1.54) is 42.5 Å². The van der Waals surface area contributed by atoms with Crippen LogP contribution in [0.3, 0.4) is 0 Å². The molecule has 4 rings (SSSR count). The standard InChI is InChI=1S/C24H25FN4O3S/c1-32-20-9-5-8-19(14-20)29(24(31)21-15-26-33-28-21)22(16-10-12-17(25)13-11-16)23(30)27-18-6-3-2-4-7-18/h5,8-15,18,22H,2-4,6-7H2,1H3,(H,27,30)/t22-/m1/s1. The molecular weight excluding hydrogens is 443 g/mol. The van der Waals surface area contributed by atoms with Gasteiger partial charge in [0.2, 0.25) is 5.91 Å². The van der Waals surface area contributed by atoms with E-state index in [0.717, 1.165) is 43.8 Å². The van der Waals surface area contributed by atoms with E-state index in [2.05, 4.69) is 14.1 Å². The Hall–Kier alpha value is -3.33. The average Bonchev–Trinajstić information content (AvgIpc) is 3.38. The molecule has 1 aliphatic rings. The number of halogens is 1. The highest BCUT2D eigenvalue weighted by molar-refractivity contribution is 6.99. The summed E-state index contributed by atoms with van der Waals surface area (Å²) >= 11 is 0.912. The number of benzene rings is 2. The summed E-state index contributed by atoms with van der Waals surface area (Å²) in [6, 6.07) is 11.5. The second-order valence-electron chi connectivity index (χ2n) is 7.97. The molecule has 1 N–H and O–H groups in total. The summed E-state index contributed by atoms with van der Waals surface area (Å²) in [4.78, 5) is 28.7. The molecule has 9 heteroatoms. The van der Waals surface area contributed by atoms with Crippen molar-refractivity contribution in [1.82, 2.24) is 14.1 Å². The summed E-state index contributed by atoms with van der Waals surface area (Å²) in [6.45, 7) is 0. The Morgan fingerprint density at radius 3 is 2.58 bits per heavy atom. The highest BCUT2D eigenvalue weighted by Gasteiger charge is 2.35. The van der Waals surface area contributed by atoms with Crippen molar-refractivity contribution < 1.29 is 18.7 Å². The molecule has 0 unspecified atom stereocenters. The molecule has 2 aromatic carbocycles. The molecule has 3 aromatic rings. The molecule has 1 saturated carbocycles. The van der Waals surface area contributed by atoms with Crippen molar-refractivity contribution in [2.24, 2.45) is 0 Å². The zero-order chi connectivity index (χ0) is 23.2. The van der Waals surface area contributed by atoms with Crippen LogP contribution in [-0.4, -0.2) is 33.7 Å². The quantitative estimate of drug-likeness (QED) is 0.551. The van der Waals surface area contributed by atoms with Gasteiger partial charge in [-0.15, -0.1) is 0 Å². The van der Waals surface area contributed by atoms with Gasteiger partial charge >= 0.3 is 0 Å². The van der Waals surface area contributed by atoms with Crippen LogP contribution in [0.2, 0.25) is 0 Å². The number of methoxy groups -OCH3 is 1. The van der Waals surface area contributed by atoms with Crippen LogP contribution in [0.25, 0.3) is 0 Å². The summed E-state index contributed by atoms with van der Waals surface area (Å²) in [6.07, 6.45) is 6.42. The molecule has 0 aliphatic heterocycles. The molecule has 172 valence electrons. The minimum atomic E-state index is -1.03. The lowest BCUT2D eigenvalue weighted by atomic mass is 9.94. The number of amides is 2. The number of anilines is 1. The first-order valence-corrected chi connectivity index (χ1v) is 11.6. The molecule has 1 aromatic heterocycles. The van der Waals surface area contributed by atoms with Gasteiger partial charge in [-0.2, -0.15) is 8.75 Å². The number of aromatic nitrogens is 2. The number of carbonyl (C=O) groups is 2. The van der Waals surface area contributed by atoms with Gasteiger partial charge in [-0.05, 0) is 42.7 Å². The normalized spacial score (nSPS) is 15.0. The van der Waals surface area contributed by atoms with Crippen molar-refractivity contribution in [3.8, 4) is 5.75 Å². The maximum Gasteiger partial charge on any atom is 0.280 e. The molecule has 0 saturated heterocycles. The summed E-state index contributed by atoms with van der Waals surface area (Å²) in [7, 11) is 1.53. The summed E-state index contributed by atoms with van der Waals surface area (Å²) in [5.41, 5.74) is 1.07. The highest BCUT2D eigenvalue weighted by Crippen LogP contribution is 2.32. The van der Waals surface area contributed by atoms with Gasteiger partial charge in [-0.3, -0.25) is 14.5 Å². The molecule has 1 aliphatic carbocycles. The molecule has 2 amide bonds. The van der Waals surface area contributed by atoms with E-state index in [9.17, 15) is 14.0 Å². The Kier molecular flexibility index (Phi) is 7.29. The van der Waals surface area contributed by atoms with Crippen LogP contribution in [0.4, 0.5) is 10.1 Å². The molecule has 1 fully saturated rings. The maximum atomic E-state index is 13.7. The van der Waals surface area contributed by atoms with Gasteiger partial charge < -0.3 is 10.1 Å². The summed E-state index contributed by atoms with van der Waals surface area (Å²) < 4.78 is 27.1. The van der Waals surface area contributed by atoms with Crippen LogP contribution >= 0.6 is 11.7 Å². The predicted molar refractivity (Wildman–Crippen MR) is 124 cm³/mol. The third-order valence-corrected chi connectivity index (χ3v) is 6.25. The Bertz CT molecular complexity index is 1090. The number of nitrogens with zero attached hydrogens (tertiary/aromatic N) is 3. The topological polar surface area (TPSA) is 84.4 Å². The lowest BCUT2D eigenvalue weighted by Gasteiger charge is -2.33. The van der Waals surface area contributed by atoms with Crippen LogP contribution < -0.4 is 15.0 Å². The highest BCUT2D eigenvalue weighted by atomic mass is 32.1. The number of hydrogen-bond donors (Lipinski definition) is 1. The van der Waals surface area contributed by atoms with Crippen LogP contribution in [0.5, 0.6) is 5.75 Å². The fourth-order valence-corrected chi connectivity index (χ4v) is 4.52. The van der Waals surface area contributed by atoms with Crippen LogP contribution in [0, 0.1) is 5.82 Å². The van der Waals surface area contributed by atoms with E-state index in [0.29, 0.717) is 17.0 Å². The van der Waals surface area contributed by atoms with Gasteiger partial charge in [0.1, 0.15) is 17.6 Å². The van der Waals surface area contributed by atoms with Crippen molar-refractivity contribution in [2.75, 3.05) is 12.0 Å². The van der Waals surface area contributed by atoms with Crippen LogP contribution in [-0.2, 0) is 4.79 Å². The Morgan fingerprint density at radius 2 is 1.91 bits per heavy atom. The fraction of sp³-hybridized carbons (Fsp3) is 0.333. The first-order valence-electron chi connectivity index (χ1n) is 10.9. The van der Waals surface area contributed by atoms with Gasteiger partial charge in [0.05, 0.1) is 25.0 Å². The second kappa shape index (κ2) is 10.5. The van der Waals surface area contributed by atoms with Crippen molar-refractivity contribution in [3.05, 3.63) is 71.8 Å². The van der Waals surface area contributed by atoms with E-state index in [1.807, 2.05) is 0 Å². The van der Waals surface area contributed by atoms with Crippen LogP contribution in [0.1, 0.15) is 54.2 Å². The number of carbonyl (C=O) groups excluding carboxylic acids is 2. The van der Waals surface area contributed by atoms with Gasteiger partial charge in [-0.1, -0.05) is 37.5 Å². The molecule has 0 spiro atoms. The fourth-order valence-electron chi connectivity index (χ4n) is 4.12. The number of nitrogens with one attached hydrogen (secondary N) is 1. The molecule has 0 bridgehead atoms. The molecule has 33 heavy (non-hydrogen) atoms. The lowest BCUT2D eigenvalue weighted by Crippen LogP contribution is -2.47. The molecular formula is C24H25FN4O3S. The maximum absolute atomic E-state index is 13.7. The SMILES string of the molecule is COc1cccc(N(C(=O)c2cnsn2)[C@@H](C(=O)NC2CCCCC2)c2ccc(F)cc2)c1. The van der Waals surface area contributed by atoms with E-state index in [-0.39, 0.29) is 17.6 Å². The van der Waals surface area contributed by atoms with E-state index in [4.69, 9.17) is 4.74 Å². The van der Waals surface area contributed by atoms with Crippen LogP contribution in [0.15, 0.2) is 54.7 Å². The van der Waals surface area contributed by atoms with Crippen molar-refractivity contribution >= 4 is 29.2 Å². The molecule has 1 atom stereocenters. The largest absolute Gasteiger partial charge is 0.497 e. The van der Waals surface area contributed by atoms with Crippen molar-refractivity contribution in [1.29, 1.82) is 0 Å². The van der Waals surface area contributed by atoms with E-state index in [1.54, 1.807) is 24.3 Å². The minimum absolute atomic E-state index is 0.0393. The third kappa shape index (κ3) is 5.36. The Balaban J connectivity index is 1.79. The second-order valence-corrected chi connectivity index (χ2v) is 8.52. The predicted octanol–water partition coefficient (Wildman–Crippen LogP) is 4.52. The first kappa shape index (κ1) is 22.8. The number of ether oxygens (including phenoxy) is 1. The number of hydrogen-bond acceptors (Lipinski definition) is 6. The Labute approximate surface area is 195 Å². The number of rotatable bonds is 7. The minimum Gasteiger partial charge on any atom is -0.497 e. The van der Waals surface area contributed by atoms with Gasteiger partial charge in [0, 0.05) is 17.8 Å². The van der Waals surface area contributed by atoms with E-state index < -0.39 is 17.8 Å². The average molecular weight is 469 g/mol. The van der Waals surface area contributed by atoms with Crippen molar-refractivity contribution in [2.45, 2.75) is 44.2 Å². The summed E-state index contributed by atoms with van der Waals surface area (Å²) in [5.74, 6) is -0.696. The molecule has 1 heterocycles. The lowest BCUT2D eigenvalue weighted by molar-refractivity contribution is -0.123. The molecule has 7 nitrogen and oxygen atoms in total. The zero-order valence-corrected chi connectivity index (χ0v) is 19.1.